The lowest BCUT2D eigenvalue weighted by Crippen LogP contribution is -2.01. The number of carbonyl (C=O) groups is 2. The number of aryl methyl sites for hydroxylation is 1. The molecule has 13 heavy (non-hydrogen) atoms. The summed E-state index contributed by atoms with van der Waals surface area (Å²) in [7, 11) is 1.24. The van der Waals surface area contributed by atoms with Gasteiger partial charge in [-0.2, -0.15) is 0 Å². The van der Waals surface area contributed by atoms with E-state index in [-0.39, 0.29) is 11.3 Å². The lowest BCUT2D eigenvalue weighted by molar-refractivity contribution is 0.0594. The van der Waals surface area contributed by atoms with E-state index >= 15 is 0 Å². The van der Waals surface area contributed by atoms with E-state index in [2.05, 4.69) is 9.72 Å². The Hall–Kier alpha value is -1.78. The van der Waals surface area contributed by atoms with Gasteiger partial charge in [-0.05, 0) is 13.0 Å². The van der Waals surface area contributed by atoms with E-state index in [1.165, 1.54) is 13.2 Å². The summed E-state index contributed by atoms with van der Waals surface area (Å²) in [5, 5.41) is 8.66. The second kappa shape index (κ2) is 3.30. The molecule has 1 aromatic heterocycles. The summed E-state index contributed by atoms with van der Waals surface area (Å²) in [6.45, 7) is 1.58. The Labute approximate surface area is 74.3 Å². The van der Waals surface area contributed by atoms with Crippen molar-refractivity contribution in [2.24, 2.45) is 0 Å². The largest absolute Gasteiger partial charge is 0.478 e. The number of carbonyl (C=O) groups excluding carboxylic acids is 1. The number of aromatic carboxylic acids is 1. The Balaban J connectivity index is 3.09. The van der Waals surface area contributed by atoms with Gasteiger partial charge in [0.05, 0.1) is 12.7 Å². The maximum atomic E-state index is 11.0. The van der Waals surface area contributed by atoms with E-state index in [1.54, 1.807) is 6.92 Å². The Bertz CT molecular complexity index is 353. The van der Waals surface area contributed by atoms with Crippen LogP contribution in [0, 0.1) is 6.92 Å². The molecule has 0 aliphatic heterocycles. The minimum absolute atomic E-state index is 0.0837. The number of aromatic nitrogens is 1. The number of esters is 1. The van der Waals surface area contributed by atoms with Crippen LogP contribution in [-0.4, -0.2) is 29.1 Å². The minimum atomic E-state index is -1.07. The van der Waals surface area contributed by atoms with Crippen molar-refractivity contribution < 1.29 is 19.4 Å². The first kappa shape index (κ1) is 9.31. The Morgan fingerprint density at radius 1 is 1.54 bits per heavy atom. The zero-order chi connectivity index (χ0) is 10.0. The van der Waals surface area contributed by atoms with Crippen LogP contribution in [0.2, 0.25) is 0 Å². The molecule has 0 aliphatic rings. The molecule has 0 bridgehead atoms. The molecular weight excluding hydrogens is 174 g/mol. The maximum absolute atomic E-state index is 11.0. The van der Waals surface area contributed by atoms with Gasteiger partial charge in [0.2, 0.25) is 0 Å². The predicted molar refractivity (Wildman–Crippen MR) is 43.8 cm³/mol. The van der Waals surface area contributed by atoms with Crippen molar-refractivity contribution in [1.82, 2.24) is 4.98 Å². The number of ether oxygens (including phenoxy) is 1. The fraction of sp³-hybridized carbons (Fsp3) is 0.250. The first-order valence-electron chi connectivity index (χ1n) is 3.57. The van der Waals surface area contributed by atoms with Crippen molar-refractivity contribution in [1.29, 1.82) is 0 Å². The molecule has 0 amide bonds. The van der Waals surface area contributed by atoms with Crippen LogP contribution < -0.4 is 0 Å². The number of aromatic amines is 1. The summed E-state index contributed by atoms with van der Waals surface area (Å²) in [5.74, 6) is -1.64. The zero-order valence-corrected chi connectivity index (χ0v) is 7.25. The number of carboxylic acids is 1. The van der Waals surface area contributed by atoms with Gasteiger partial charge in [0, 0.05) is 5.69 Å². The number of methoxy groups -OCH3 is 1. The molecule has 0 unspecified atom stereocenters. The lowest BCUT2D eigenvalue weighted by Gasteiger charge is -1.92. The SMILES string of the molecule is COC(=O)c1cc(C(=O)O)c(C)[nH]1. The smallest absolute Gasteiger partial charge is 0.354 e. The highest BCUT2D eigenvalue weighted by Gasteiger charge is 2.15. The monoisotopic (exact) mass is 183 g/mol. The molecule has 0 saturated carbocycles. The van der Waals surface area contributed by atoms with Crippen LogP contribution in [0.3, 0.4) is 0 Å². The average molecular weight is 183 g/mol. The molecule has 70 valence electrons. The molecule has 0 saturated heterocycles. The molecule has 0 atom stereocenters. The van der Waals surface area contributed by atoms with E-state index in [0.717, 1.165) is 0 Å². The first-order valence-corrected chi connectivity index (χ1v) is 3.57. The van der Waals surface area contributed by atoms with Crippen molar-refractivity contribution in [3.05, 3.63) is 23.0 Å². The van der Waals surface area contributed by atoms with Crippen LogP contribution in [0.4, 0.5) is 0 Å². The molecule has 5 nitrogen and oxygen atoms in total. The summed E-state index contributed by atoms with van der Waals surface area (Å²) in [6, 6.07) is 1.25. The molecule has 1 aromatic rings. The quantitative estimate of drug-likeness (QED) is 0.665. The second-order valence-corrected chi connectivity index (χ2v) is 2.52. The van der Waals surface area contributed by atoms with E-state index in [9.17, 15) is 9.59 Å². The average Bonchev–Trinajstić information content (AvgIpc) is 2.46. The highest BCUT2D eigenvalue weighted by Crippen LogP contribution is 2.10. The van der Waals surface area contributed by atoms with Gasteiger partial charge >= 0.3 is 11.9 Å². The Morgan fingerprint density at radius 3 is 2.54 bits per heavy atom. The maximum Gasteiger partial charge on any atom is 0.354 e. The highest BCUT2D eigenvalue weighted by atomic mass is 16.5. The van der Waals surface area contributed by atoms with Crippen molar-refractivity contribution in [2.75, 3.05) is 7.11 Å². The van der Waals surface area contributed by atoms with E-state index in [4.69, 9.17) is 5.11 Å². The summed E-state index contributed by atoms with van der Waals surface area (Å²) < 4.78 is 4.42. The summed E-state index contributed by atoms with van der Waals surface area (Å²) in [6.07, 6.45) is 0. The van der Waals surface area contributed by atoms with Crippen LogP contribution >= 0.6 is 0 Å². The van der Waals surface area contributed by atoms with Gasteiger partial charge in [-0.1, -0.05) is 0 Å². The normalized spacial score (nSPS) is 9.69. The molecule has 1 rings (SSSR count). The summed E-state index contributed by atoms with van der Waals surface area (Å²) in [5.41, 5.74) is 0.672. The third-order valence-corrected chi connectivity index (χ3v) is 1.65. The molecular formula is C8H9NO4. The van der Waals surface area contributed by atoms with Crippen molar-refractivity contribution >= 4 is 11.9 Å². The molecule has 0 radical (unpaired) electrons. The fourth-order valence-electron chi connectivity index (χ4n) is 1.00. The van der Waals surface area contributed by atoms with Gasteiger partial charge in [0.15, 0.2) is 0 Å². The highest BCUT2D eigenvalue weighted by molar-refractivity contribution is 5.94. The van der Waals surface area contributed by atoms with Crippen LogP contribution in [0.1, 0.15) is 26.5 Å². The molecule has 0 aliphatic carbocycles. The number of H-pyrrole nitrogens is 1. The topological polar surface area (TPSA) is 79.4 Å². The van der Waals surface area contributed by atoms with E-state index in [1.807, 2.05) is 0 Å². The first-order chi connectivity index (χ1) is 6.06. The second-order valence-electron chi connectivity index (χ2n) is 2.52. The van der Waals surface area contributed by atoms with Gasteiger partial charge in [-0.3, -0.25) is 0 Å². The van der Waals surface area contributed by atoms with Gasteiger partial charge in [0.25, 0.3) is 0 Å². The third-order valence-electron chi connectivity index (χ3n) is 1.65. The minimum Gasteiger partial charge on any atom is -0.478 e. The van der Waals surface area contributed by atoms with Crippen molar-refractivity contribution in [2.45, 2.75) is 6.92 Å². The molecule has 1 heterocycles. The molecule has 0 aromatic carbocycles. The molecule has 0 fully saturated rings. The van der Waals surface area contributed by atoms with Gasteiger partial charge in [-0.15, -0.1) is 0 Å². The van der Waals surface area contributed by atoms with Gasteiger partial charge in [0.1, 0.15) is 5.69 Å². The predicted octanol–water partition coefficient (Wildman–Crippen LogP) is 0.808. The standard InChI is InChI=1S/C8H9NO4/c1-4-5(7(10)11)3-6(9-4)8(12)13-2/h3,9H,1-2H3,(H,10,11). The van der Waals surface area contributed by atoms with Crippen LogP contribution in [-0.2, 0) is 4.74 Å². The van der Waals surface area contributed by atoms with E-state index < -0.39 is 11.9 Å². The fourth-order valence-corrected chi connectivity index (χ4v) is 1.00. The molecule has 0 spiro atoms. The lowest BCUT2D eigenvalue weighted by atomic mass is 10.2. The number of nitrogens with one attached hydrogen (secondary N) is 1. The number of hydrogen-bond acceptors (Lipinski definition) is 3. The van der Waals surface area contributed by atoms with E-state index in [0.29, 0.717) is 5.69 Å². The van der Waals surface area contributed by atoms with Crippen molar-refractivity contribution in [3.63, 3.8) is 0 Å². The molecule has 5 heteroatoms. The zero-order valence-electron chi connectivity index (χ0n) is 7.25. The third kappa shape index (κ3) is 1.69. The van der Waals surface area contributed by atoms with Crippen LogP contribution in [0.5, 0.6) is 0 Å². The van der Waals surface area contributed by atoms with Crippen molar-refractivity contribution in [3.8, 4) is 0 Å². The summed E-state index contributed by atoms with van der Waals surface area (Å²) in [4.78, 5) is 24.2. The van der Waals surface area contributed by atoms with Gasteiger partial charge in [-0.25, -0.2) is 9.59 Å². The Kier molecular flexibility index (Phi) is 2.36. The number of rotatable bonds is 2. The number of carboxylic acid groups (broad SMARTS) is 1. The number of hydrogen-bond donors (Lipinski definition) is 2. The Morgan fingerprint density at radius 2 is 2.15 bits per heavy atom. The van der Waals surface area contributed by atoms with Gasteiger partial charge < -0.3 is 14.8 Å². The summed E-state index contributed by atoms with van der Waals surface area (Å²) >= 11 is 0. The molecule has 2 N–H and O–H groups in total. The van der Waals surface area contributed by atoms with Crippen LogP contribution in [0.25, 0.3) is 0 Å². The van der Waals surface area contributed by atoms with Crippen LogP contribution in [0.15, 0.2) is 6.07 Å².